The first-order valence-electron chi connectivity index (χ1n) is 8.26. The molecule has 0 aliphatic rings. The van der Waals surface area contributed by atoms with Crippen molar-refractivity contribution >= 4 is 17.5 Å². The van der Waals surface area contributed by atoms with Gasteiger partial charge < -0.3 is 10.1 Å². The molecule has 0 bridgehead atoms. The zero-order valence-electron chi connectivity index (χ0n) is 14.6. The normalized spacial score (nSPS) is 10.6. The van der Waals surface area contributed by atoms with E-state index in [0.29, 0.717) is 23.9 Å². The standard InChI is InChI=1S/C19H19ClN4O2/c1-3-26-17-9-4-6-14(10-17)12-21-19(25)18-13(2)24(23-22-18)16-8-5-7-15(20)11-16/h4-11H,3,12H2,1-2H3,(H,21,25). The molecule has 0 radical (unpaired) electrons. The first-order chi connectivity index (χ1) is 12.6. The van der Waals surface area contributed by atoms with Crippen molar-refractivity contribution in [2.24, 2.45) is 0 Å². The van der Waals surface area contributed by atoms with E-state index in [1.54, 1.807) is 23.7 Å². The van der Waals surface area contributed by atoms with Crippen LogP contribution in [0.3, 0.4) is 0 Å². The summed E-state index contributed by atoms with van der Waals surface area (Å²) in [6.07, 6.45) is 0. The van der Waals surface area contributed by atoms with E-state index in [9.17, 15) is 4.79 Å². The third-order valence-corrected chi connectivity index (χ3v) is 4.06. The number of nitrogens with one attached hydrogen (secondary N) is 1. The zero-order valence-corrected chi connectivity index (χ0v) is 15.3. The van der Waals surface area contributed by atoms with Gasteiger partial charge in [-0.25, -0.2) is 4.68 Å². The number of halogens is 1. The second kappa shape index (κ2) is 8.01. The predicted molar refractivity (Wildman–Crippen MR) is 99.9 cm³/mol. The van der Waals surface area contributed by atoms with Crippen LogP contribution in [0.4, 0.5) is 0 Å². The molecular formula is C19H19ClN4O2. The van der Waals surface area contributed by atoms with Crippen LogP contribution in [0.25, 0.3) is 5.69 Å². The van der Waals surface area contributed by atoms with Crippen LogP contribution in [0.15, 0.2) is 48.5 Å². The van der Waals surface area contributed by atoms with Gasteiger partial charge in [0.2, 0.25) is 0 Å². The Morgan fingerprint density at radius 2 is 2.04 bits per heavy atom. The maximum atomic E-state index is 12.5. The van der Waals surface area contributed by atoms with E-state index >= 15 is 0 Å². The summed E-state index contributed by atoms with van der Waals surface area (Å²) in [7, 11) is 0. The molecule has 2 aromatic carbocycles. The number of hydrogen-bond acceptors (Lipinski definition) is 4. The SMILES string of the molecule is CCOc1cccc(CNC(=O)c2nnn(-c3cccc(Cl)c3)c2C)c1. The zero-order chi connectivity index (χ0) is 18.5. The van der Waals surface area contributed by atoms with Crippen LogP contribution < -0.4 is 10.1 Å². The average Bonchev–Trinajstić information content (AvgIpc) is 3.02. The van der Waals surface area contributed by atoms with Crippen molar-refractivity contribution in [3.8, 4) is 11.4 Å². The Labute approximate surface area is 156 Å². The van der Waals surface area contributed by atoms with Crippen LogP contribution in [-0.2, 0) is 6.54 Å². The Morgan fingerprint density at radius 3 is 2.81 bits per heavy atom. The third kappa shape index (κ3) is 4.03. The fourth-order valence-electron chi connectivity index (χ4n) is 2.57. The van der Waals surface area contributed by atoms with Gasteiger partial charge in [-0.3, -0.25) is 4.79 Å². The Balaban J connectivity index is 1.72. The van der Waals surface area contributed by atoms with E-state index in [4.69, 9.17) is 16.3 Å². The van der Waals surface area contributed by atoms with E-state index in [1.807, 2.05) is 43.3 Å². The quantitative estimate of drug-likeness (QED) is 0.720. The van der Waals surface area contributed by atoms with Crippen molar-refractivity contribution in [2.45, 2.75) is 20.4 Å². The van der Waals surface area contributed by atoms with Gasteiger partial charge in [0.1, 0.15) is 5.75 Å². The summed E-state index contributed by atoms with van der Waals surface area (Å²) in [5.74, 6) is 0.500. The van der Waals surface area contributed by atoms with E-state index in [2.05, 4.69) is 15.6 Å². The monoisotopic (exact) mass is 370 g/mol. The number of hydrogen-bond donors (Lipinski definition) is 1. The molecule has 1 N–H and O–H groups in total. The average molecular weight is 371 g/mol. The fraction of sp³-hybridized carbons (Fsp3) is 0.211. The lowest BCUT2D eigenvalue weighted by Gasteiger charge is -2.07. The second-order valence-corrected chi connectivity index (χ2v) is 6.11. The lowest BCUT2D eigenvalue weighted by Crippen LogP contribution is -2.24. The van der Waals surface area contributed by atoms with Crippen molar-refractivity contribution in [3.05, 3.63) is 70.5 Å². The van der Waals surface area contributed by atoms with Crippen molar-refractivity contribution in [3.63, 3.8) is 0 Å². The lowest BCUT2D eigenvalue weighted by molar-refractivity contribution is 0.0945. The molecule has 0 aliphatic carbocycles. The molecule has 6 nitrogen and oxygen atoms in total. The molecule has 1 heterocycles. The molecular weight excluding hydrogens is 352 g/mol. The summed E-state index contributed by atoms with van der Waals surface area (Å²) in [5.41, 5.74) is 2.63. The highest BCUT2D eigenvalue weighted by Crippen LogP contribution is 2.17. The molecule has 0 aliphatic heterocycles. The summed E-state index contributed by atoms with van der Waals surface area (Å²) < 4.78 is 7.06. The molecule has 0 unspecified atom stereocenters. The second-order valence-electron chi connectivity index (χ2n) is 5.68. The third-order valence-electron chi connectivity index (χ3n) is 3.82. The number of carbonyl (C=O) groups is 1. The Morgan fingerprint density at radius 1 is 1.23 bits per heavy atom. The van der Waals surface area contributed by atoms with E-state index in [-0.39, 0.29) is 11.6 Å². The summed E-state index contributed by atoms with van der Waals surface area (Å²) in [6.45, 7) is 4.71. The predicted octanol–water partition coefficient (Wildman–Crippen LogP) is 3.56. The summed E-state index contributed by atoms with van der Waals surface area (Å²) in [6, 6.07) is 14.8. The number of rotatable bonds is 6. The molecule has 3 rings (SSSR count). The van der Waals surface area contributed by atoms with E-state index in [1.165, 1.54) is 0 Å². The van der Waals surface area contributed by atoms with Crippen molar-refractivity contribution in [2.75, 3.05) is 6.61 Å². The topological polar surface area (TPSA) is 69.0 Å². The van der Waals surface area contributed by atoms with Gasteiger partial charge in [-0.2, -0.15) is 0 Å². The maximum Gasteiger partial charge on any atom is 0.274 e. The van der Waals surface area contributed by atoms with E-state index in [0.717, 1.165) is 17.0 Å². The minimum Gasteiger partial charge on any atom is -0.494 e. The van der Waals surface area contributed by atoms with Crippen LogP contribution in [0.1, 0.15) is 28.7 Å². The first kappa shape index (κ1) is 17.9. The number of ether oxygens (including phenoxy) is 1. The van der Waals surface area contributed by atoms with Crippen molar-refractivity contribution < 1.29 is 9.53 Å². The van der Waals surface area contributed by atoms with Gasteiger partial charge >= 0.3 is 0 Å². The number of benzene rings is 2. The number of aromatic nitrogens is 3. The maximum absolute atomic E-state index is 12.5. The van der Waals surface area contributed by atoms with Gasteiger partial charge in [0.25, 0.3) is 5.91 Å². The smallest absolute Gasteiger partial charge is 0.274 e. The molecule has 0 atom stereocenters. The Hall–Kier alpha value is -2.86. The molecule has 0 fully saturated rings. The van der Waals surface area contributed by atoms with Crippen LogP contribution in [0.5, 0.6) is 5.75 Å². The van der Waals surface area contributed by atoms with Crippen LogP contribution in [0, 0.1) is 6.92 Å². The van der Waals surface area contributed by atoms with Gasteiger partial charge in [0.15, 0.2) is 5.69 Å². The van der Waals surface area contributed by atoms with E-state index < -0.39 is 0 Å². The Bertz CT molecular complexity index is 923. The number of amides is 1. The fourth-order valence-corrected chi connectivity index (χ4v) is 2.75. The summed E-state index contributed by atoms with van der Waals surface area (Å²) in [4.78, 5) is 12.5. The lowest BCUT2D eigenvalue weighted by atomic mass is 10.2. The largest absolute Gasteiger partial charge is 0.494 e. The van der Waals surface area contributed by atoms with Gasteiger partial charge in [-0.15, -0.1) is 5.10 Å². The van der Waals surface area contributed by atoms with Gasteiger partial charge in [-0.1, -0.05) is 35.0 Å². The number of nitrogens with zero attached hydrogens (tertiary/aromatic N) is 3. The highest BCUT2D eigenvalue weighted by Gasteiger charge is 2.17. The molecule has 3 aromatic rings. The molecule has 1 aromatic heterocycles. The molecule has 0 saturated carbocycles. The highest BCUT2D eigenvalue weighted by atomic mass is 35.5. The van der Waals surface area contributed by atoms with Crippen molar-refractivity contribution in [1.29, 1.82) is 0 Å². The summed E-state index contributed by atoms with van der Waals surface area (Å²) in [5, 5.41) is 11.5. The minimum atomic E-state index is -0.280. The number of carbonyl (C=O) groups excluding carboxylic acids is 1. The molecule has 7 heteroatoms. The molecule has 1 amide bonds. The summed E-state index contributed by atoms with van der Waals surface area (Å²) >= 11 is 6.02. The molecule has 0 spiro atoms. The molecule has 26 heavy (non-hydrogen) atoms. The Kier molecular flexibility index (Phi) is 5.53. The highest BCUT2D eigenvalue weighted by molar-refractivity contribution is 6.30. The first-order valence-corrected chi connectivity index (χ1v) is 8.64. The van der Waals surface area contributed by atoms with Gasteiger partial charge in [-0.05, 0) is 49.7 Å². The molecule has 134 valence electrons. The van der Waals surface area contributed by atoms with Crippen LogP contribution >= 0.6 is 11.6 Å². The van der Waals surface area contributed by atoms with Crippen LogP contribution in [-0.4, -0.2) is 27.5 Å². The van der Waals surface area contributed by atoms with Crippen molar-refractivity contribution in [1.82, 2.24) is 20.3 Å². The van der Waals surface area contributed by atoms with Gasteiger partial charge in [0.05, 0.1) is 18.0 Å². The van der Waals surface area contributed by atoms with Crippen LogP contribution in [0.2, 0.25) is 5.02 Å². The minimum absolute atomic E-state index is 0.280. The van der Waals surface area contributed by atoms with Gasteiger partial charge in [0, 0.05) is 11.6 Å². The molecule has 0 saturated heterocycles.